The summed E-state index contributed by atoms with van der Waals surface area (Å²) in [7, 11) is 0. The third kappa shape index (κ3) is 2.85. The molecule has 1 fully saturated rings. The monoisotopic (exact) mass is 200 g/mol. The Hall–Kier alpha value is -0.820. The van der Waals surface area contributed by atoms with Crippen molar-refractivity contribution in [3.05, 3.63) is 0 Å². The molecule has 0 aromatic carbocycles. The highest BCUT2D eigenvalue weighted by atomic mass is 32.1. The van der Waals surface area contributed by atoms with Crippen LogP contribution in [-0.2, 0) is 0 Å². The van der Waals surface area contributed by atoms with E-state index in [0.29, 0.717) is 31.2 Å². The molecule has 2 nitrogen and oxygen atoms in total. The zero-order valence-corrected chi connectivity index (χ0v) is 8.46. The van der Waals surface area contributed by atoms with Crippen molar-refractivity contribution in [1.29, 1.82) is 0 Å². The Labute approximate surface area is 83.5 Å². The number of thiocarbonyl (C=S) groups is 1. The molecule has 1 aliphatic rings. The molecule has 1 N–H and O–H groups in total. The lowest BCUT2D eigenvalue weighted by Crippen LogP contribution is -2.39. The van der Waals surface area contributed by atoms with Crippen molar-refractivity contribution >= 4 is 17.3 Å². The molecule has 0 radical (unpaired) electrons. The molecule has 1 unspecified atom stereocenters. The highest BCUT2D eigenvalue weighted by Crippen LogP contribution is 2.24. The zero-order valence-electron chi connectivity index (χ0n) is 7.64. The third-order valence-corrected chi connectivity index (χ3v) is 2.45. The highest BCUT2D eigenvalue weighted by Gasteiger charge is 2.34. The van der Waals surface area contributed by atoms with E-state index in [1.54, 1.807) is 6.92 Å². The van der Waals surface area contributed by atoms with Gasteiger partial charge in [0.05, 0.1) is 13.1 Å². The minimum atomic E-state index is -1.11. The van der Waals surface area contributed by atoms with Gasteiger partial charge in [0.15, 0.2) is 5.11 Å². The Kier molecular flexibility index (Phi) is 3.10. The van der Waals surface area contributed by atoms with Crippen LogP contribution in [0.15, 0.2) is 0 Å². The van der Waals surface area contributed by atoms with E-state index in [1.807, 2.05) is 4.90 Å². The van der Waals surface area contributed by atoms with Crippen LogP contribution in [0, 0.1) is 12.3 Å². The number of alkyl halides is 1. The third-order valence-electron chi connectivity index (χ3n) is 2.05. The van der Waals surface area contributed by atoms with Crippen molar-refractivity contribution < 1.29 is 4.39 Å². The summed E-state index contributed by atoms with van der Waals surface area (Å²) in [6.07, 6.45) is 5.60. The lowest BCUT2D eigenvalue weighted by molar-refractivity contribution is 0.206. The number of rotatable bonds is 1. The second-order valence-electron chi connectivity index (χ2n) is 3.45. The van der Waals surface area contributed by atoms with Crippen LogP contribution < -0.4 is 5.32 Å². The van der Waals surface area contributed by atoms with Crippen molar-refractivity contribution in [2.45, 2.75) is 19.0 Å². The normalized spacial score (nSPS) is 27.0. The number of nitrogens with zero attached hydrogens (tertiary/aromatic N) is 1. The fraction of sp³-hybridized carbons (Fsp3) is 0.667. The molecule has 0 saturated carbocycles. The van der Waals surface area contributed by atoms with Crippen molar-refractivity contribution in [2.75, 3.05) is 19.6 Å². The molecular formula is C9H13FN2S. The molecule has 4 heteroatoms. The molecule has 0 spiro atoms. The molecule has 0 bridgehead atoms. The van der Waals surface area contributed by atoms with E-state index in [-0.39, 0.29) is 0 Å². The summed E-state index contributed by atoms with van der Waals surface area (Å²) < 4.78 is 13.4. The average Bonchev–Trinajstić information content (AvgIpc) is 2.42. The molecule has 1 saturated heterocycles. The van der Waals surface area contributed by atoms with Crippen molar-refractivity contribution in [2.24, 2.45) is 0 Å². The van der Waals surface area contributed by atoms with Gasteiger partial charge in [-0.15, -0.1) is 6.42 Å². The van der Waals surface area contributed by atoms with Crippen LogP contribution in [0.2, 0.25) is 0 Å². The number of nitrogens with one attached hydrogen (secondary N) is 1. The van der Waals surface area contributed by atoms with Crippen LogP contribution in [0.25, 0.3) is 0 Å². The van der Waals surface area contributed by atoms with Gasteiger partial charge in [-0.1, -0.05) is 5.92 Å². The summed E-state index contributed by atoms with van der Waals surface area (Å²) in [5.41, 5.74) is -1.11. The summed E-state index contributed by atoms with van der Waals surface area (Å²) in [4.78, 5) is 1.81. The first kappa shape index (κ1) is 10.3. The number of hydrogen-bond acceptors (Lipinski definition) is 1. The fourth-order valence-corrected chi connectivity index (χ4v) is 1.56. The summed E-state index contributed by atoms with van der Waals surface area (Å²) in [6.45, 7) is 3.03. The predicted octanol–water partition coefficient (Wildman–Crippen LogP) is 0.928. The van der Waals surface area contributed by atoms with Crippen LogP contribution in [0.1, 0.15) is 13.3 Å². The van der Waals surface area contributed by atoms with E-state index < -0.39 is 5.67 Å². The molecule has 1 rings (SSSR count). The smallest absolute Gasteiger partial charge is 0.169 e. The number of likely N-dealkylation sites (tertiary alicyclic amines) is 1. The Morgan fingerprint density at radius 2 is 2.54 bits per heavy atom. The topological polar surface area (TPSA) is 15.3 Å². The van der Waals surface area contributed by atoms with Crippen LogP contribution in [-0.4, -0.2) is 35.3 Å². The first-order chi connectivity index (χ1) is 6.05. The summed E-state index contributed by atoms with van der Waals surface area (Å²) >= 11 is 5.03. The highest BCUT2D eigenvalue weighted by molar-refractivity contribution is 7.80. The molecule has 1 atom stereocenters. The average molecular weight is 200 g/mol. The zero-order chi connectivity index (χ0) is 9.90. The summed E-state index contributed by atoms with van der Waals surface area (Å²) in [5, 5.41) is 3.42. The Bertz CT molecular complexity index is 244. The van der Waals surface area contributed by atoms with E-state index >= 15 is 0 Å². The van der Waals surface area contributed by atoms with Gasteiger partial charge in [-0.25, -0.2) is 4.39 Å². The minimum absolute atomic E-state index is 0.364. The van der Waals surface area contributed by atoms with E-state index in [2.05, 4.69) is 11.2 Å². The maximum Gasteiger partial charge on any atom is 0.169 e. The van der Waals surface area contributed by atoms with E-state index in [4.69, 9.17) is 18.6 Å². The van der Waals surface area contributed by atoms with Gasteiger partial charge in [-0.05, 0) is 19.1 Å². The van der Waals surface area contributed by atoms with Crippen LogP contribution in [0.3, 0.4) is 0 Å². The van der Waals surface area contributed by atoms with Gasteiger partial charge in [0.25, 0.3) is 0 Å². The van der Waals surface area contributed by atoms with Gasteiger partial charge in [-0.2, -0.15) is 0 Å². The van der Waals surface area contributed by atoms with Gasteiger partial charge in [0.2, 0.25) is 0 Å². The number of halogens is 1. The second-order valence-corrected chi connectivity index (χ2v) is 3.83. The van der Waals surface area contributed by atoms with Gasteiger partial charge < -0.3 is 10.2 Å². The molecule has 72 valence electrons. The fourth-order valence-electron chi connectivity index (χ4n) is 1.34. The van der Waals surface area contributed by atoms with Crippen molar-refractivity contribution in [3.8, 4) is 12.3 Å². The van der Waals surface area contributed by atoms with Gasteiger partial charge in [0, 0.05) is 13.0 Å². The largest absolute Gasteiger partial charge is 0.352 e. The Morgan fingerprint density at radius 1 is 1.85 bits per heavy atom. The van der Waals surface area contributed by atoms with Crippen LogP contribution >= 0.6 is 12.2 Å². The van der Waals surface area contributed by atoms with E-state index in [9.17, 15) is 4.39 Å². The minimum Gasteiger partial charge on any atom is -0.352 e. The Balaban J connectivity index is 2.39. The summed E-state index contributed by atoms with van der Waals surface area (Å²) in [5.74, 6) is 2.42. The maximum atomic E-state index is 13.4. The van der Waals surface area contributed by atoms with Crippen LogP contribution in [0.5, 0.6) is 0 Å². The number of terminal acetylenes is 1. The molecule has 1 heterocycles. The molecule has 0 aromatic heterocycles. The van der Waals surface area contributed by atoms with E-state index in [0.717, 1.165) is 0 Å². The molecule has 1 aliphatic heterocycles. The lowest BCUT2D eigenvalue weighted by Gasteiger charge is -2.20. The van der Waals surface area contributed by atoms with Gasteiger partial charge in [0.1, 0.15) is 5.67 Å². The van der Waals surface area contributed by atoms with Gasteiger partial charge >= 0.3 is 0 Å². The second kappa shape index (κ2) is 3.93. The lowest BCUT2D eigenvalue weighted by atomic mass is 10.1. The predicted molar refractivity (Wildman–Crippen MR) is 55.1 cm³/mol. The maximum absolute atomic E-state index is 13.4. The molecular weight excluding hydrogens is 187 g/mol. The SMILES string of the molecule is C#CCNC(=S)N1CCC(C)(F)C1. The van der Waals surface area contributed by atoms with Gasteiger partial charge in [-0.3, -0.25) is 0 Å². The van der Waals surface area contributed by atoms with E-state index in [1.165, 1.54) is 0 Å². The van der Waals surface area contributed by atoms with Crippen molar-refractivity contribution in [1.82, 2.24) is 10.2 Å². The Morgan fingerprint density at radius 3 is 3.00 bits per heavy atom. The molecule has 0 aliphatic carbocycles. The molecule has 0 amide bonds. The first-order valence-corrected chi connectivity index (χ1v) is 4.61. The molecule has 13 heavy (non-hydrogen) atoms. The van der Waals surface area contributed by atoms with Crippen molar-refractivity contribution in [3.63, 3.8) is 0 Å². The summed E-state index contributed by atoms with van der Waals surface area (Å²) in [6, 6.07) is 0. The van der Waals surface area contributed by atoms with Crippen LogP contribution in [0.4, 0.5) is 4.39 Å². The first-order valence-electron chi connectivity index (χ1n) is 4.20. The number of hydrogen-bond donors (Lipinski definition) is 1. The standard InChI is InChI=1S/C9H13FN2S/c1-3-5-11-8(13)12-6-4-9(2,10)7-12/h1H,4-7H2,2H3,(H,11,13). The molecule has 0 aromatic rings. The quantitative estimate of drug-likeness (QED) is 0.501.